The van der Waals surface area contributed by atoms with Gasteiger partial charge in [-0.05, 0) is 45.7 Å². The fraction of sp³-hybridized carbons (Fsp3) is 0.556. The highest BCUT2D eigenvalue weighted by atomic mass is 19.1. The smallest absolute Gasteiger partial charge is 0.408 e. The highest BCUT2D eigenvalue weighted by Gasteiger charge is 2.37. The zero-order valence-corrected chi connectivity index (χ0v) is 15.3. The van der Waals surface area contributed by atoms with Crippen molar-refractivity contribution in [1.82, 2.24) is 5.32 Å². The van der Waals surface area contributed by atoms with Gasteiger partial charge in [0.2, 0.25) is 0 Å². The van der Waals surface area contributed by atoms with Crippen molar-refractivity contribution in [3.63, 3.8) is 0 Å². The summed E-state index contributed by atoms with van der Waals surface area (Å²) < 4.78 is 22.7. The van der Waals surface area contributed by atoms with Gasteiger partial charge in [0.1, 0.15) is 18.9 Å². The molecule has 0 saturated heterocycles. The molecule has 0 bridgehead atoms. The summed E-state index contributed by atoms with van der Waals surface area (Å²) in [6, 6.07) is 5.17. The number of esters is 1. The van der Waals surface area contributed by atoms with Crippen LogP contribution >= 0.6 is 0 Å². The van der Waals surface area contributed by atoms with E-state index in [9.17, 15) is 19.1 Å². The number of benzene rings is 1. The Morgan fingerprint density at radius 3 is 2.08 bits per heavy atom. The Morgan fingerprint density at radius 1 is 1.12 bits per heavy atom. The number of alkyl carbamates (subject to hydrolysis) is 1. The van der Waals surface area contributed by atoms with Gasteiger partial charge in [-0.3, -0.25) is 0 Å². The van der Waals surface area contributed by atoms with E-state index in [0.29, 0.717) is 11.1 Å². The van der Waals surface area contributed by atoms with Crippen LogP contribution in [0, 0.1) is 0 Å². The summed E-state index contributed by atoms with van der Waals surface area (Å²) in [5, 5.41) is 12.5. The molecular formula is C18H26FNO5. The van der Waals surface area contributed by atoms with Gasteiger partial charge in [-0.25, -0.2) is 14.0 Å². The molecule has 1 atom stereocenters. The molecular weight excluding hydrogens is 329 g/mol. The normalized spacial score (nSPS) is 13.1. The largest absolute Gasteiger partial charge is 0.459 e. The van der Waals surface area contributed by atoms with Crippen molar-refractivity contribution in [2.24, 2.45) is 0 Å². The molecule has 0 aromatic heterocycles. The number of halogens is 1. The molecule has 6 nitrogen and oxygen atoms in total. The Balaban J connectivity index is 2.71. The van der Waals surface area contributed by atoms with Crippen molar-refractivity contribution in [2.45, 2.75) is 65.1 Å². The maximum Gasteiger partial charge on any atom is 0.408 e. The SMILES string of the molecule is CC(C)(C)OC(=O)N[C@H](C(=O)OCc1ccc(CF)cc1)C(C)(C)O. The molecule has 25 heavy (non-hydrogen) atoms. The molecule has 2 N–H and O–H groups in total. The van der Waals surface area contributed by atoms with Gasteiger partial charge in [-0.2, -0.15) is 0 Å². The van der Waals surface area contributed by atoms with Crippen LogP contribution in [0.15, 0.2) is 24.3 Å². The number of ether oxygens (including phenoxy) is 2. The number of rotatable bonds is 6. The quantitative estimate of drug-likeness (QED) is 0.767. The number of hydrogen-bond donors (Lipinski definition) is 2. The molecule has 0 radical (unpaired) electrons. The molecule has 0 aliphatic rings. The zero-order valence-electron chi connectivity index (χ0n) is 15.3. The average molecular weight is 355 g/mol. The van der Waals surface area contributed by atoms with E-state index in [1.54, 1.807) is 45.0 Å². The van der Waals surface area contributed by atoms with Crippen LogP contribution < -0.4 is 5.32 Å². The maximum absolute atomic E-state index is 12.5. The van der Waals surface area contributed by atoms with Gasteiger partial charge in [0.25, 0.3) is 0 Å². The molecule has 0 saturated carbocycles. The fourth-order valence-corrected chi connectivity index (χ4v) is 1.91. The van der Waals surface area contributed by atoms with Crippen LogP contribution in [0.25, 0.3) is 0 Å². The third-order valence-electron chi connectivity index (χ3n) is 3.16. The lowest BCUT2D eigenvalue weighted by molar-refractivity contribution is -0.153. The first kappa shape index (κ1) is 20.9. The Morgan fingerprint density at radius 2 is 1.64 bits per heavy atom. The third-order valence-corrected chi connectivity index (χ3v) is 3.16. The standard InChI is InChI=1S/C18H26FNO5/c1-17(2,3)25-16(22)20-14(18(4,5)23)15(21)24-11-13-8-6-12(10-19)7-9-13/h6-9,14,23H,10-11H2,1-5H3,(H,20,22)/t14-/m1/s1. The molecule has 1 aromatic rings. The van der Waals surface area contributed by atoms with Crippen LogP contribution in [0.3, 0.4) is 0 Å². The van der Waals surface area contributed by atoms with Crippen molar-refractivity contribution >= 4 is 12.1 Å². The summed E-state index contributed by atoms with van der Waals surface area (Å²) in [6.07, 6.45) is -0.830. The predicted molar refractivity (Wildman–Crippen MR) is 90.5 cm³/mol. The number of amides is 1. The molecule has 0 heterocycles. The van der Waals surface area contributed by atoms with E-state index in [4.69, 9.17) is 9.47 Å². The summed E-state index contributed by atoms with van der Waals surface area (Å²) in [4.78, 5) is 24.2. The second-order valence-electron chi connectivity index (χ2n) is 7.29. The number of hydrogen-bond acceptors (Lipinski definition) is 5. The Kier molecular flexibility index (Phi) is 6.93. The molecule has 0 unspecified atom stereocenters. The molecule has 0 aliphatic carbocycles. The van der Waals surface area contributed by atoms with Crippen LogP contribution in [0.5, 0.6) is 0 Å². The van der Waals surface area contributed by atoms with Crippen molar-refractivity contribution in [2.75, 3.05) is 0 Å². The van der Waals surface area contributed by atoms with E-state index in [-0.39, 0.29) is 6.61 Å². The van der Waals surface area contributed by atoms with Crippen molar-refractivity contribution in [3.05, 3.63) is 35.4 Å². The summed E-state index contributed by atoms with van der Waals surface area (Å²) in [5.74, 6) is -0.798. The third kappa shape index (κ3) is 7.51. The van der Waals surface area contributed by atoms with Crippen molar-refractivity contribution in [3.8, 4) is 0 Å². The molecule has 0 fully saturated rings. The second-order valence-corrected chi connectivity index (χ2v) is 7.29. The van der Waals surface area contributed by atoms with Gasteiger partial charge in [0.15, 0.2) is 6.04 Å². The van der Waals surface area contributed by atoms with Crippen molar-refractivity contribution in [1.29, 1.82) is 0 Å². The first-order valence-electron chi connectivity index (χ1n) is 7.94. The number of alkyl halides is 1. The van der Waals surface area contributed by atoms with Gasteiger partial charge >= 0.3 is 12.1 Å². The highest BCUT2D eigenvalue weighted by molar-refractivity contribution is 5.82. The van der Waals surface area contributed by atoms with E-state index < -0.39 is 36.0 Å². The van der Waals surface area contributed by atoms with Crippen LogP contribution in [-0.2, 0) is 27.5 Å². The van der Waals surface area contributed by atoms with Gasteiger partial charge in [-0.15, -0.1) is 0 Å². The monoisotopic (exact) mass is 355 g/mol. The number of aliphatic hydroxyl groups is 1. The topological polar surface area (TPSA) is 84.9 Å². The van der Waals surface area contributed by atoms with Gasteiger partial charge < -0.3 is 19.9 Å². The second kappa shape index (κ2) is 8.29. The molecule has 1 amide bonds. The molecule has 1 rings (SSSR count). The van der Waals surface area contributed by atoms with E-state index in [0.717, 1.165) is 0 Å². The summed E-state index contributed by atoms with van der Waals surface area (Å²) >= 11 is 0. The Bertz CT molecular complexity index is 587. The minimum Gasteiger partial charge on any atom is -0.459 e. The minimum absolute atomic E-state index is 0.0615. The molecule has 1 aromatic carbocycles. The van der Waals surface area contributed by atoms with Crippen LogP contribution in [0.1, 0.15) is 45.7 Å². The van der Waals surface area contributed by atoms with E-state index in [2.05, 4.69) is 5.32 Å². The lowest BCUT2D eigenvalue weighted by atomic mass is 9.99. The van der Waals surface area contributed by atoms with Gasteiger partial charge in [-0.1, -0.05) is 24.3 Å². The van der Waals surface area contributed by atoms with Gasteiger partial charge in [0, 0.05) is 0 Å². The molecule has 7 heteroatoms. The Hall–Kier alpha value is -2.15. The maximum atomic E-state index is 12.5. The lowest BCUT2D eigenvalue weighted by Gasteiger charge is -2.29. The lowest BCUT2D eigenvalue weighted by Crippen LogP contribution is -2.55. The summed E-state index contributed by atoms with van der Waals surface area (Å²) in [7, 11) is 0. The fourth-order valence-electron chi connectivity index (χ4n) is 1.91. The van der Waals surface area contributed by atoms with Gasteiger partial charge in [0.05, 0.1) is 5.60 Å². The first-order chi connectivity index (χ1) is 11.4. The number of carbonyl (C=O) groups excluding carboxylic acids is 2. The number of carbonyl (C=O) groups is 2. The average Bonchev–Trinajstić information content (AvgIpc) is 2.48. The highest BCUT2D eigenvalue weighted by Crippen LogP contribution is 2.14. The minimum atomic E-state index is -1.55. The van der Waals surface area contributed by atoms with E-state index in [1.165, 1.54) is 13.8 Å². The Labute approximate surface area is 147 Å². The molecule has 0 spiro atoms. The number of nitrogens with one attached hydrogen (secondary N) is 1. The molecule has 0 aliphatic heterocycles. The predicted octanol–water partition coefficient (Wildman–Crippen LogP) is 2.86. The van der Waals surface area contributed by atoms with E-state index in [1.807, 2.05) is 0 Å². The van der Waals surface area contributed by atoms with Crippen LogP contribution in [0.4, 0.5) is 9.18 Å². The summed E-state index contributed by atoms with van der Waals surface area (Å²) in [6.45, 7) is 7.19. The molecule has 140 valence electrons. The van der Waals surface area contributed by atoms with Crippen LogP contribution in [-0.4, -0.2) is 34.4 Å². The van der Waals surface area contributed by atoms with E-state index >= 15 is 0 Å². The zero-order chi connectivity index (χ0) is 19.3. The van der Waals surface area contributed by atoms with Crippen molar-refractivity contribution < 1.29 is 28.6 Å². The summed E-state index contributed by atoms with van der Waals surface area (Å²) in [5.41, 5.74) is -1.10. The first-order valence-corrected chi connectivity index (χ1v) is 7.94. The van der Waals surface area contributed by atoms with Crippen LogP contribution in [0.2, 0.25) is 0 Å².